The summed E-state index contributed by atoms with van der Waals surface area (Å²) in [6.45, 7) is 8.03. The van der Waals surface area contributed by atoms with Gasteiger partial charge in [-0.1, -0.05) is 43.2 Å². The number of unbranched alkanes of at least 4 members (excludes halogenated alkanes) is 3. The molecule has 1 rings (SSSR count). The lowest BCUT2D eigenvalue weighted by Crippen LogP contribution is -2.31. The fourth-order valence-electron chi connectivity index (χ4n) is 2.31. The van der Waals surface area contributed by atoms with Gasteiger partial charge < -0.3 is 5.32 Å². The van der Waals surface area contributed by atoms with E-state index in [0.29, 0.717) is 6.04 Å². The molecule has 108 valence electrons. The molecule has 0 saturated heterocycles. The standard InChI is InChI=1S/C17H30N2/c1-16(2)19(14-10-5-4-9-13-18-3)15-17-11-7-6-8-12-17/h6-8,11-12,16,18H,4-5,9-10,13-15H2,1-3H3. The normalized spacial score (nSPS) is 11.4. The second kappa shape index (κ2) is 9.99. The second-order valence-electron chi connectivity index (χ2n) is 5.57. The molecule has 2 heteroatoms. The van der Waals surface area contributed by atoms with Gasteiger partial charge in [-0.25, -0.2) is 0 Å². The van der Waals surface area contributed by atoms with Crippen molar-refractivity contribution in [2.45, 2.75) is 52.1 Å². The Balaban J connectivity index is 2.25. The molecule has 0 radical (unpaired) electrons. The zero-order valence-electron chi connectivity index (χ0n) is 12.9. The maximum atomic E-state index is 3.21. The van der Waals surface area contributed by atoms with E-state index < -0.39 is 0 Å². The lowest BCUT2D eigenvalue weighted by Gasteiger charge is -2.26. The van der Waals surface area contributed by atoms with E-state index in [2.05, 4.69) is 54.4 Å². The van der Waals surface area contributed by atoms with Crippen molar-refractivity contribution in [3.05, 3.63) is 35.9 Å². The van der Waals surface area contributed by atoms with Crippen molar-refractivity contribution in [2.75, 3.05) is 20.1 Å². The minimum atomic E-state index is 0.623. The van der Waals surface area contributed by atoms with Gasteiger partial charge in [0.25, 0.3) is 0 Å². The number of rotatable bonds is 10. The molecule has 0 aliphatic carbocycles. The van der Waals surface area contributed by atoms with Crippen LogP contribution < -0.4 is 5.32 Å². The highest BCUT2D eigenvalue weighted by atomic mass is 15.1. The minimum Gasteiger partial charge on any atom is -0.320 e. The van der Waals surface area contributed by atoms with Gasteiger partial charge in [0.1, 0.15) is 0 Å². The Morgan fingerprint density at radius 3 is 2.32 bits per heavy atom. The van der Waals surface area contributed by atoms with Crippen LogP contribution in [0.5, 0.6) is 0 Å². The lowest BCUT2D eigenvalue weighted by molar-refractivity contribution is 0.208. The van der Waals surface area contributed by atoms with E-state index in [1.165, 1.54) is 37.8 Å². The van der Waals surface area contributed by atoms with Gasteiger partial charge in [0.15, 0.2) is 0 Å². The summed E-state index contributed by atoms with van der Waals surface area (Å²) >= 11 is 0. The second-order valence-corrected chi connectivity index (χ2v) is 5.57. The van der Waals surface area contributed by atoms with Gasteiger partial charge in [0, 0.05) is 12.6 Å². The van der Waals surface area contributed by atoms with Crippen molar-refractivity contribution >= 4 is 0 Å². The van der Waals surface area contributed by atoms with Crippen molar-refractivity contribution in [3.8, 4) is 0 Å². The van der Waals surface area contributed by atoms with Crippen LogP contribution in [0.4, 0.5) is 0 Å². The molecule has 2 nitrogen and oxygen atoms in total. The van der Waals surface area contributed by atoms with E-state index in [4.69, 9.17) is 0 Å². The van der Waals surface area contributed by atoms with Gasteiger partial charge in [-0.15, -0.1) is 0 Å². The average Bonchev–Trinajstić information content (AvgIpc) is 2.42. The zero-order chi connectivity index (χ0) is 13.9. The summed E-state index contributed by atoms with van der Waals surface area (Å²) in [5.74, 6) is 0. The predicted molar refractivity (Wildman–Crippen MR) is 84.4 cm³/mol. The highest BCUT2D eigenvalue weighted by molar-refractivity contribution is 5.14. The summed E-state index contributed by atoms with van der Waals surface area (Å²) in [5.41, 5.74) is 1.42. The third kappa shape index (κ3) is 7.34. The summed E-state index contributed by atoms with van der Waals surface area (Å²) in [5, 5.41) is 3.21. The van der Waals surface area contributed by atoms with Crippen LogP contribution in [0.15, 0.2) is 30.3 Å². The smallest absolute Gasteiger partial charge is 0.0236 e. The first-order valence-electron chi connectivity index (χ1n) is 7.66. The zero-order valence-corrected chi connectivity index (χ0v) is 12.9. The molecule has 0 fully saturated rings. The molecule has 0 unspecified atom stereocenters. The Morgan fingerprint density at radius 2 is 1.68 bits per heavy atom. The van der Waals surface area contributed by atoms with Crippen molar-refractivity contribution in [3.63, 3.8) is 0 Å². The van der Waals surface area contributed by atoms with Gasteiger partial charge in [-0.05, 0) is 52.4 Å². The molecular weight excluding hydrogens is 232 g/mol. The third-order valence-electron chi connectivity index (χ3n) is 3.58. The van der Waals surface area contributed by atoms with Gasteiger partial charge in [-0.2, -0.15) is 0 Å². The summed E-state index contributed by atoms with van der Waals surface area (Å²) in [7, 11) is 2.03. The number of hydrogen-bond acceptors (Lipinski definition) is 2. The van der Waals surface area contributed by atoms with Crippen LogP contribution in [0.1, 0.15) is 45.1 Å². The van der Waals surface area contributed by atoms with Crippen LogP contribution in [0.2, 0.25) is 0 Å². The lowest BCUT2D eigenvalue weighted by atomic mass is 10.1. The van der Waals surface area contributed by atoms with Crippen molar-refractivity contribution < 1.29 is 0 Å². The fourth-order valence-corrected chi connectivity index (χ4v) is 2.31. The Morgan fingerprint density at radius 1 is 1.00 bits per heavy atom. The molecule has 0 aliphatic heterocycles. The summed E-state index contributed by atoms with van der Waals surface area (Å²) in [6, 6.07) is 11.4. The van der Waals surface area contributed by atoms with Crippen molar-refractivity contribution in [1.29, 1.82) is 0 Å². The molecule has 0 atom stereocenters. The quantitative estimate of drug-likeness (QED) is 0.647. The number of benzene rings is 1. The van der Waals surface area contributed by atoms with Crippen LogP contribution >= 0.6 is 0 Å². The molecule has 0 aromatic heterocycles. The predicted octanol–water partition coefficient (Wildman–Crippen LogP) is 3.68. The molecular formula is C17H30N2. The molecule has 0 spiro atoms. The minimum absolute atomic E-state index is 0.623. The summed E-state index contributed by atoms with van der Waals surface area (Å²) < 4.78 is 0. The monoisotopic (exact) mass is 262 g/mol. The largest absolute Gasteiger partial charge is 0.320 e. The maximum absolute atomic E-state index is 3.21. The maximum Gasteiger partial charge on any atom is 0.0236 e. The van der Waals surface area contributed by atoms with Gasteiger partial charge in [0.2, 0.25) is 0 Å². The molecule has 1 aromatic rings. The van der Waals surface area contributed by atoms with E-state index in [1.807, 2.05) is 7.05 Å². The molecule has 19 heavy (non-hydrogen) atoms. The first-order chi connectivity index (χ1) is 9.24. The first-order valence-corrected chi connectivity index (χ1v) is 7.66. The highest BCUT2D eigenvalue weighted by Gasteiger charge is 2.09. The Bertz CT molecular complexity index is 308. The van der Waals surface area contributed by atoms with E-state index in [0.717, 1.165) is 13.1 Å². The summed E-state index contributed by atoms with van der Waals surface area (Å²) in [6.07, 6.45) is 5.31. The molecule has 1 N–H and O–H groups in total. The highest BCUT2D eigenvalue weighted by Crippen LogP contribution is 2.10. The number of nitrogens with one attached hydrogen (secondary N) is 1. The van der Waals surface area contributed by atoms with Crippen molar-refractivity contribution in [1.82, 2.24) is 10.2 Å². The summed E-state index contributed by atoms with van der Waals surface area (Å²) in [4.78, 5) is 2.58. The Labute approximate surface area is 119 Å². The van der Waals surface area contributed by atoms with Crippen LogP contribution in [0, 0.1) is 0 Å². The first kappa shape index (κ1) is 16.2. The SMILES string of the molecule is CNCCCCCCN(Cc1ccccc1)C(C)C. The van der Waals surface area contributed by atoms with Gasteiger partial charge >= 0.3 is 0 Å². The topological polar surface area (TPSA) is 15.3 Å². The van der Waals surface area contributed by atoms with Crippen molar-refractivity contribution in [2.24, 2.45) is 0 Å². The number of hydrogen-bond donors (Lipinski definition) is 1. The Hall–Kier alpha value is -0.860. The fraction of sp³-hybridized carbons (Fsp3) is 0.647. The van der Waals surface area contributed by atoms with Gasteiger partial charge in [-0.3, -0.25) is 4.90 Å². The molecule has 1 aromatic carbocycles. The molecule has 0 saturated carbocycles. The van der Waals surface area contributed by atoms with Crippen LogP contribution in [0.25, 0.3) is 0 Å². The van der Waals surface area contributed by atoms with E-state index in [1.54, 1.807) is 0 Å². The van der Waals surface area contributed by atoms with E-state index in [9.17, 15) is 0 Å². The van der Waals surface area contributed by atoms with E-state index in [-0.39, 0.29) is 0 Å². The van der Waals surface area contributed by atoms with E-state index >= 15 is 0 Å². The Kier molecular flexibility index (Phi) is 8.52. The third-order valence-corrected chi connectivity index (χ3v) is 3.58. The average molecular weight is 262 g/mol. The van der Waals surface area contributed by atoms with Crippen LogP contribution in [0.3, 0.4) is 0 Å². The number of nitrogens with zero attached hydrogens (tertiary/aromatic N) is 1. The van der Waals surface area contributed by atoms with Crippen LogP contribution in [-0.2, 0) is 6.54 Å². The van der Waals surface area contributed by atoms with Gasteiger partial charge in [0.05, 0.1) is 0 Å². The molecule has 0 amide bonds. The molecule has 0 aliphatic rings. The van der Waals surface area contributed by atoms with Crippen LogP contribution in [-0.4, -0.2) is 31.1 Å². The molecule has 0 bridgehead atoms. The molecule has 0 heterocycles.